The van der Waals surface area contributed by atoms with Crippen LogP contribution in [0.1, 0.15) is 41.3 Å². The molecule has 0 aliphatic rings. The number of hydrogen-bond donors (Lipinski definition) is 0. The van der Waals surface area contributed by atoms with Crippen molar-refractivity contribution >= 4 is 17.4 Å². The maximum atomic E-state index is 13.6. The number of anilines is 2. The predicted octanol–water partition coefficient (Wildman–Crippen LogP) is 5.24. The van der Waals surface area contributed by atoms with Crippen LogP contribution in [-0.2, 0) is 20.0 Å². The molecule has 0 atom stereocenters. The highest BCUT2D eigenvalue weighted by atomic mass is 19.1. The van der Waals surface area contributed by atoms with E-state index in [1.165, 1.54) is 12.1 Å². The number of pyridine rings is 1. The van der Waals surface area contributed by atoms with E-state index in [0.29, 0.717) is 24.3 Å². The smallest absolute Gasteiger partial charge is 0.278 e. The van der Waals surface area contributed by atoms with Crippen molar-refractivity contribution in [2.45, 2.75) is 26.8 Å². The predicted molar refractivity (Wildman–Crippen MR) is 137 cm³/mol. The van der Waals surface area contributed by atoms with Gasteiger partial charge in [0.25, 0.3) is 5.91 Å². The van der Waals surface area contributed by atoms with Gasteiger partial charge in [-0.2, -0.15) is 0 Å². The highest BCUT2D eigenvalue weighted by Crippen LogP contribution is 2.22. The van der Waals surface area contributed by atoms with E-state index in [9.17, 15) is 9.18 Å². The topological polar surface area (TPSA) is 54.3 Å². The minimum Gasteiger partial charge on any atom is -0.357 e. The van der Waals surface area contributed by atoms with Crippen LogP contribution in [0.3, 0.4) is 0 Å². The molecule has 2 aromatic heterocycles. The lowest BCUT2D eigenvalue weighted by Crippen LogP contribution is -2.31. The zero-order valence-corrected chi connectivity index (χ0v) is 20.4. The van der Waals surface area contributed by atoms with E-state index in [0.717, 1.165) is 35.9 Å². The molecule has 0 unspecified atom stereocenters. The molecule has 0 spiro atoms. The molecule has 4 rings (SSSR count). The van der Waals surface area contributed by atoms with Crippen LogP contribution in [0.4, 0.5) is 15.9 Å². The molecule has 0 saturated carbocycles. The van der Waals surface area contributed by atoms with Gasteiger partial charge in [0.15, 0.2) is 0 Å². The zero-order valence-electron chi connectivity index (χ0n) is 20.4. The van der Waals surface area contributed by atoms with Crippen LogP contribution in [0.5, 0.6) is 0 Å². The van der Waals surface area contributed by atoms with Gasteiger partial charge in [0.05, 0.1) is 6.54 Å². The highest BCUT2D eigenvalue weighted by Gasteiger charge is 2.22. The van der Waals surface area contributed by atoms with Gasteiger partial charge in [-0.25, -0.2) is 14.4 Å². The Bertz CT molecular complexity index is 1250. The molecule has 2 heterocycles. The SMILES string of the molecule is CCN(CC)c1ccc(CN(C(=O)c2cn(C)c(Cc3ccccc3)n2)c2ccc(F)cc2)cn1. The highest BCUT2D eigenvalue weighted by molar-refractivity contribution is 6.04. The van der Waals surface area contributed by atoms with Crippen LogP contribution < -0.4 is 9.80 Å². The number of carbonyl (C=O) groups excluding carboxylic acids is 1. The molecular weight excluding hydrogens is 441 g/mol. The molecule has 35 heavy (non-hydrogen) atoms. The van der Waals surface area contributed by atoms with Gasteiger partial charge in [0.2, 0.25) is 0 Å². The minimum absolute atomic E-state index is 0.251. The third kappa shape index (κ3) is 5.74. The summed E-state index contributed by atoms with van der Waals surface area (Å²) in [4.78, 5) is 26.7. The number of amides is 1. The molecule has 0 N–H and O–H groups in total. The van der Waals surface area contributed by atoms with E-state index in [4.69, 9.17) is 0 Å². The average molecular weight is 472 g/mol. The van der Waals surface area contributed by atoms with Gasteiger partial charge in [0, 0.05) is 44.6 Å². The maximum absolute atomic E-state index is 13.6. The molecule has 4 aromatic rings. The molecule has 1 amide bonds. The second-order valence-electron chi connectivity index (χ2n) is 8.38. The van der Waals surface area contributed by atoms with E-state index in [1.807, 2.05) is 54.1 Å². The molecule has 7 heteroatoms. The molecule has 2 aromatic carbocycles. The van der Waals surface area contributed by atoms with Crippen LogP contribution in [-0.4, -0.2) is 33.5 Å². The monoisotopic (exact) mass is 471 g/mol. The number of halogens is 1. The molecule has 0 saturated heterocycles. The van der Waals surface area contributed by atoms with Crippen molar-refractivity contribution < 1.29 is 9.18 Å². The van der Waals surface area contributed by atoms with Crippen LogP contribution in [0.25, 0.3) is 0 Å². The first-order valence-electron chi connectivity index (χ1n) is 11.8. The fraction of sp³-hybridized carbons (Fsp3) is 0.250. The Morgan fingerprint density at radius 2 is 1.66 bits per heavy atom. The van der Waals surface area contributed by atoms with E-state index < -0.39 is 0 Å². The summed E-state index contributed by atoms with van der Waals surface area (Å²) >= 11 is 0. The van der Waals surface area contributed by atoms with Gasteiger partial charge in [-0.1, -0.05) is 36.4 Å². The van der Waals surface area contributed by atoms with E-state index in [2.05, 4.69) is 28.7 Å². The Kier molecular flexibility index (Phi) is 7.55. The van der Waals surface area contributed by atoms with Crippen molar-refractivity contribution in [2.75, 3.05) is 22.9 Å². The van der Waals surface area contributed by atoms with Crippen molar-refractivity contribution in [3.63, 3.8) is 0 Å². The summed E-state index contributed by atoms with van der Waals surface area (Å²) in [6.45, 7) is 6.21. The third-order valence-corrected chi connectivity index (χ3v) is 6.02. The number of nitrogens with zero attached hydrogens (tertiary/aromatic N) is 5. The average Bonchev–Trinajstić information content (AvgIpc) is 3.25. The van der Waals surface area contributed by atoms with Crippen molar-refractivity contribution in [3.05, 3.63) is 108 Å². The number of imidazole rings is 1. The summed E-state index contributed by atoms with van der Waals surface area (Å²) in [6, 6.07) is 19.9. The molecule has 0 bridgehead atoms. The number of aryl methyl sites for hydroxylation is 1. The van der Waals surface area contributed by atoms with Crippen LogP contribution in [0, 0.1) is 5.82 Å². The first kappa shape index (κ1) is 24.1. The standard InChI is InChI=1S/C28H30FN5O/c1-4-33(5-2)26-16-11-22(18-30-26)19-34(24-14-12-23(29)13-15-24)28(35)25-20-32(3)27(31-25)17-21-9-7-6-8-10-21/h6-16,18,20H,4-5,17,19H2,1-3H3. The Hall–Kier alpha value is -4.00. The first-order chi connectivity index (χ1) is 17.0. The van der Waals surface area contributed by atoms with Gasteiger partial charge >= 0.3 is 0 Å². The molecule has 180 valence electrons. The maximum Gasteiger partial charge on any atom is 0.278 e. The summed E-state index contributed by atoms with van der Waals surface area (Å²) in [6.07, 6.45) is 4.16. The Balaban J connectivity index is 1.61. The number of benzene rings is 2. The molecular formula is C28H30FN5O. The summed E-state index contributed by atoms with van der Waals surface area (Å²) in [5, 5.41) is 0. The number of carbonyl (C=O) groups is 1. The Labute approximate surface area is 205 Å². The Morgan fingerprint density at radius 3 is 2.29 bits per heavy atom. The van der Waals surface area contributed by atoms with Gasteiger partial charge in [0.1, 0.15) is 23.2 Å². The van der Waals surface area contributed by atoms with Crippen LogP contribution >= 0.6 is 0 Å². The normalized spacial score (nSPS) is 10.9. The van der Waals surface area contributed by atoms with Crippen molar-refractivity contribution in [3.8, 4) is 0 Å². The number of aromatic nitrogens is 3. The fourth-order valence-electron chi connectivity index (χ4n) is 4.02. The molecule has 0 aliphatic heterocycles. The lowest BCUT2D eigenvalue weighted by Gasteiger charge is -2.23. The second kappa shape index (κ2) is 11.0. The minimum atomic E-state index is -0.352. The van der Waals surface area contributed by atoms with Crippen LogP contribution in [0.2, 0.25) is 0 Å². The summed E-state index contributed by atoms with van der Waals surface area (Å²) < 4.78 is 15.5. The molecule has 0 fully saturated rings. The molecule has 0 radical (unpaired) electrons. The van der Waals surface area contributed by atoms with Gasteiger partial charge in [-0.05, 0) is 55.3 Å². The van der Waals surface area contributed by atoms with E-state index in [1.54, 1.807) is 29.4 Å². The van der Waals surface area contributed by atoms with Gasteiger partial charge < -0.3 is 14.4 Å². The lowest BCUT2D eigenvalue weighted by molar-refractivity contribution is 0.0980. The summed E-state index contributed by atoms with van der Waals surface area (Å²) in [7, 11) is 1.89. The molecule has 6 nitrogen and oxygen atoms in total. The largest absolute Gasteiger partial charge is 0.357 e. The third-order valence-electron chi connectivity index (χ3n) is 6.02. The number of rotatable bonds is 9. The van der Waals surface area contributed by atoms with Gasteiger partial charge in [-0.3, -0.25) is 4.79 Å². The van der Waals surface area contributed by atoms with E-state index in [-0.39, 0.29) is 11.7 Å². The lowest BCUT2D eigenvalue weighted by atomic mass is 10.1. The summed E-state index contributed by atoms with van der Waals surface area (Å²) in [5.74, 6) is 1.09. The summed E-state index contributed by atoms with van der Waals surface area (Å²) in [5.41, 5.74) is 2.93. The van der Waals surface area contributed by atoms with Crippen molar-refractivity contribution in [1.29, 1.82) is 0 Å². The van der Waals surface area contributed by atoms with Gasteiger partial charge in [-0.15, -0.1) is 0 Å². The quantitative estimate of drug-likeness (QED) is 0.335. The Morgan fingerprint density at radius 1 is 0.943 bits per heavy atom. The fourth-order valence-corrected chi connectivity index (χ4v) is 4.02. The number of hydrogen-bond acceptors (Lipinski definition) is 4. The first-order valence-corrected chi connectivity index (χ1v) is 11.8. The molecule has 0 aliphatic carbocycles. The van der Waals surface area contributed by atoms with Crippen LogP contribution in [0.15, 0.2) is 79.1 Å². The van der Waals surface area contributed by atoms with E-state index >= 15 is 0 Å². The van der Waals surface area contributed by atoms with Crippen molar-refractivity contribution in [2.24, 2.45) is 7.05 Å². The zero-order chi connectivity index (χ0) is 24.8. The van der Waals surface area contributed by atoms with Crippen molar-refractivity contribution in [1.82, 2.24) is 14.5 Å². The second-order valence-corrected chi connectivity index (χ2v) is 8.38.